The molecule has 0 aliphatic rings. The van der Waals surface area contributed by atoms with Crippen molar-refractivity contribution >= 4 is 22.4 Å². The van der Waals surface area contributed by atoms with E-state index in [2.05, 4.69) is 9.97 Å². The van der Waals surface area contributed by atoms with E-state index in [-0.39, 0.29) is 11.4 Å². The summed E-state index contributed by atoms with van der Waals surface area (Å²) in [7, 11) is 0. The van der Waals surface area contributed by atoms with Crippen molar-refractivity contribution in [2.24, 2.45) is 0 Å². The van der Waals surface area contributed by atoms with E-state index in [9.17, 15) is 14.9 Å². The minimum Gasteiger partial charge on any atom is -0.476 e. The van der Waals surface area contributed by atoms with Gasteiger partial charge in [-0.05, 0) is 12.1 Å². The summed E-state index contributed by atoms with van der Waals surface area (Å²) < 4.78 is 1.51. The number of nitrogens with zero attached hydrogens (tertiary/aromatic N) is 4. The molecule has 8 heteroatoms. The number of nitro benzene ring substituents is 1. The van der Waals surface area contributed by atoms with Crippen molar-refractivity contribution in [1.29, 1.82) is 0 Å². The van der Waals surface area contributed by atoms with Gasteiger partial charge >= 0.3 is 5.97 Å². The van der Waals surface area contributed by atoms with Gasteiger partial charge in [-0.2, -0.15) is 0 Å². The van der Waals surface area contributed by atoms with E-state index in [1.54, 1.807) is 12.1 Å². The Bertz CT molecular complexity index is 871. The quantitative estimate of drug-likeness (QED) is 0.581. The minimum atomic E-state index is -1.14. The molecule has 0 spiro atoms. The van der Waals surface area contributed by atoms with Crippen LogP contribution < -0.4 is 0 Å². The zero-order chi connectivity index (χ0) is 15.0. The number of aromatic nitrogens is 3. The van der Waals surface area contributed by atoms with Gasteiger partial charge in [0.15, 0.2) is 5.69 Å². The van der Waals surface area contributed by atoms with Crippen molar-refractivity contribution < 1.29 is 14.8 Å². The summed E-state index contributed by atoms with van der Waals surface area (Å²) in [5.41, 5.74) is 0.439. The third kappa shape index (κ3) is 2.08. The maximum Gasteiger partial charge on any atom is 0.356 e. The first kappa shape index (κ1) is 12.7. The number of fused-ring (bicyclic) bond motifs is 1. The van der Waals surface area contributed by atoms with E-state index < -0.39 is 10.9 Å². The first-order valence-electron chi connectivity index (χ1n) is 5.86. The van der Waals surface area contributed by atoms with Gasteiger partial charge in [0.2, 0.25) is 0 Å². The minimum absolute atomic E-state index is 0.0552. The molecule has 8 nitrogen and oxygen atoms in total. The molecule has 0 unspecified atom stereocenters. The molecule has 21 heavy (non-hydrogen) atoms. The van der Waals surface area contributed by atoms with Crippen LogP contribution in [0, 0.1) is 10.1 Å². The van der Waals surface area contributed by atoms with Crippen LogP contribution in [0.25, 0.3) is 16.5 Å². The Morgan fingerprint density at radius 1 is 1.29 bits per heavy atom. The second-order valence-corrected chi connectivity index (χ2v) is 4.25. The summed E-state index contributed by atoms with van der Waals surface area (Å²) in [6.45, 7) is 0. The number of benzene rings is 1. The number of carboxylic acid groups (broad SMARTS) is 1. The molecule has 0 bridgehead atoms. The molecular formula is C13H8N4O4. The second-order valence-electron chi connectivity index (χ2n) is 4.25. The van der Waals surface area contributed by atoms with Crippen molar-refractivity contribution in [2.75, 3.05) is 0 Å². The first-order valence-corrected chi connectivity index (χ1v) is 5.86. The number of pyridine rings is 1. The predicted octanol–water partition coefficient (Wildman–Crippen LogP) is 2.03. The Balaban J connectivity index is 2.26. The van der Waals surface area contributed by atoms with Crippen molar-refractivity contribution in [3.63, 3.8) is 0 Å². The van der Waals surface area contributed by atoms with Gasteiger partial charge in [-0.15, -0.1) is 0 Å². The van der Waals surface area contributed by atoms with Crippen LogP contribution in [0.2, 0.25) is 0 Å². The number of carboxylic acids is 1. The Morgan fingerprint density at radius 2 is 2.10 bits per heavy atom. The summed E-state index contributed by atoms with van der Waals surface area (Å²) in [5, 5.41) is 20.9. The van der Waals surface area contributed by atoms with Gasteiger partial charge < -0.3 is 9.67 Å². The molecule has 2 heterocycles. The number of non-ortho nitro benzene ring substituents is 1. The molecule has 0 saturated heterocycles. The molecule has 1 N–H and O–H groups in total. The van der Waals surface area contributed by atoms with E-state index in [0.29, 0.717) is 16.5 Å². The number of imidazole rings is 1. The molecule has 0 radical (unpaired) electrons. The summed E-state index contributed by atoms with van der Waals surface area (Å²) in [6.07, 6.45) is 5.63. The molecule has 0 saturated carbocycles. The van der Waals surface area contributed by atoms with Crippen LogP contribution in [0.15, 0.2) is 43.1 Å². The summed E-state index contributed by atoms with van der Waals surface area (Å²) in [5.74, 6) is -1.14. The lowest BCUT2D eigenvalue weighted by atomic mass is 10.1. The van der Waals surface area contributed by atoms with E-state index in [1.807, 2.05) is 0 Å². The van der Waals surface area contributed by atoms with Gasteiger partial charge in [0.05, 0.1) is 16.0 Å². The summed E-state index contributed by atoms with van der Waals surface area (Å²) in [4.78, 5) is 29.1. The summed E-state index contributed by atoms with van der Waals surface area (Å²) >= 11 is 0. The highest BCUT2D eigenvalue weighted by Crippen LogP contribution is 2.29. The SMILES string of the molecule is O=C(O)c1cn(-c2ccc([N+](=O)[O-])c3cnccc23)cn1. The number of hydrogen-bond acceptors (Lipinski definition) is 5. The third-order valence-corrected chi connectivity index (χ3v) is 3.05. The van der Waals surface area contributed by atoms with Crippen LogP contribution in [-0.4, -0.2) is 30.5 Å². The molecule has 3 aromatic rings. The van der Waals surface area contributed by atoms with Crippen molar-refractivity contribution in [1.82, 2.24) is 14.5 Å². The highest BCUT2D eigenvalue weighted by Gasteiger charge is 2.16. The fourth-order valence-corrected chi connectivity index (χ4v) is 2.11. The largest absolute Gasteiger partial charge is 0.476 e. The Morgan fingerprint density at radius 3 is 2.76 bits per heavy atom. The van der Waals surface area contributed by atoms with Crippen LogP contribution in [0.5, 0.6) is 0 Å². The number of carbonyl (C=O) groups is 1. The maximum atomic E-state index is 11.0. The number of rotatable bonds is 3. The zero-order valence-electron chi connectivity index (χ0n) is 10.5. The Labute approximate surface area is 117 Å². The lowest BCUT2D eigenvalue weighted by Crippen LogP contribution is -1.97. The molecule has 0 atom stereocenters. The maximum absolute atomic E-state index is 11.0. The molecule has 0 aliphatic carbocycles. The van der Waals surface area contributed by atoms with E-state index in [1.165, 1.54) is 35.6 Å². The fraction of sp³-hybridized carbons (Fsp3) is 0. The molecule has 104 valence electrons. The topological polar surface area (TPSA) is 111 Å². The van der Waals surface area contributed by atoms with E-state index in [0.717, 1.165) is 0 Å². The fourth-order valence-electron chi connectivity index (χ4n) is 2.11. The van der Waals surface area contributed by atoms with Crippen molar-refractivity contribution in [3.05, 3.63) is 58.9 Å². The van der Waals surface area contributed by atoms with Gasteiger partial charge in [0.1, 0.15) is 6.33 Å². The van der Waals surface area contributed by atoms with Gasteiger partial charge in [0.25, 0.3) is 5.69 Å². The van der Waals surface area contributed by atoms with Crippen LogP contribution >= 0.6 is 0 Å². The highest BCUT2D eigenvalue weighted by atomic mass is 16.6. The lowest BCUT2D eigenvalue weighted by Gasteiger charge is -2.07. The number of nitro groups is 1. The van der Waals surface area contributed by atoms with Crippen molar-refractivity contribution in [3.8, 4) is 5.69 Å². The highest BCUT2D eigenvalue weighted by molar-refractivity contribution is 5.96. The van der Waals surface area contributed by atoms with Crippen LogP contribution in [0.1, 0.15) is 10.5 Å². The van der Waals surface area contributed by atoms with Crippen LogP contribution in [0.3, 0.4) is 0 Å². The van der Waals surface area contributed by atoms with Crippen LogP contribution in [-0.2, 0) is 0 Å². The smallest absolute Gasteiger partial charge is 0.356 e. The molecular weight excluding hydrogens is 276 g/mol. The molecule has 0 fully saturated rings. The number of aromatic carboxylic acids is 1. The van der Waals surface area contributed by atoms with E-state index in [4.69, 9.17) is 5.11 Å². The first-order chi connectivity index (χ1) is 10.1. The zero-order valence-corrected chi connectivity index (χ0v) is 10.5. The van der Waals surface area contributed by atoms with Gasteiger partial charge in [0, 0.05) is 30.0 Å². The average molecular weight is 284 g/mol. The normalized spacial score (nSPS) is 10.7. The second kappa shape index (κ2) is 4.67. The molecule has 2 aromatic heterocycles. The van der Waals surface area contributed by atoms with Gasteiger partial charge in [-0.25, -0.2) is 9.78 Å². The molecule has 3 rings (SSSR count). The Hall–Kier alpha value is -3.29. The Kier molecular flexibility index (Phi) is 2.83. The predicted molar refractivity (Wildman–Crippen MR) is 72.5 cm³/mol. The van der Waals surface area contributed by atoms with Crippen LogP contribution in [0.4, 0.5) is 5.69 Å². The average Bonchev–Trinajstić information content (AvgIpc) is 2.95. The summed E-state index contributed by atoms with van der Waals surface area (Å²) in [6, 6.07) is 4.55. The molecule has 0 aliphatic heterocycles. The standard InChI is InChI=1S/C13H8N4O4/c18-13(19)10-6-16(7-15-10)11-1-2-12(17(20)21)9-5-14-4-3-8(9)11/h1-7H,(H,18,19). The van der Waals surface area contributed by atoms with E-state index >= 15 is 0 Å². The number of hydrogen-bond donors (Lipinski definition) is 1. The monoisotopic (exact) mass is 284 g/mol. The lowest BCUT2D eigenvalue weighted by molar-refractivity contribution is -0.383. The van der Waals surface area contributed by atoms with Gasteiger partial charge in [-0.1, -0.05) is 0 Å². The molecule has 0 amide bonds. The van der Waals surface area contributed by atoms with Crippen molar-refractivity contribution in [2.45, 2.75) is 0 Å². The van der Waals surface area contributed by atoms with Gasteiger partial charge in [-0.3, -0.25) is 15.1 Å². The third-order valence-electron chi connectivity index (χ3n) is 3.05. The molecule has 1 aromatic carbocycles.